The number of non-ortho nitro benzene ring substituents is 1. The number of hydrogen-bond donors (Lipinski definition) is 0. The molecule has 7 heteroatoms. The maximum atomic E-state index is 12.6. The van der Waals surface area contributed by atoms with Crippen LogP contribution in [0.1, 0.15) is 29.8 Å². The minimum atomic E-state index is -0.590. The first kappa shape index (κ1) is 19.7. The van der Waals surface area contributed by atoms with E-state index >= 15 is 0 Å². The number of benzene rings is 2. The van der Waals surface area contributed by atoms with E-state index in [1.807, 2.05) is 19.9 Å². The minimum Gasteiger partial charge on any atom is -0.490 e. The van der Waals surface area contributed by atoms with Crippen molar-refractivity contribution in [3.63, 3.8) is 0 Å². The Balaban J connectivity index is 2.39. The average molecular weight is 366 g/mol. The summed E-state index contributed by atoms with van der Waals surface area (Å²) < 4.78 is 11.0. The molecule has 0 saturated carbocycles. The van der Waals surface area contributed by atoms with Crippen molar-refractivity contribution in [2.75, 3.05) is 13.2 Å². The van der Waals surface area contributed by atoms with E-state index < -0.39 is 10.7 Å². The highest BCUT2D eigenvalue weighted by atomic mass is 16.6. The Morgan fingerprint density at radius 2 is 1.85 bits per heavy atom. The Kier molecular flexibility index (Phi) is 6.67. The largest absolute Gasteiger partial charge is 0.490 e. The number of carbonyl (C=O) groups is 1. The predicted octanol–water partition coefficient (Wildman–Crippen LogP) is 4.18. The van der Waals surface area contributed by atoms with Crippen molar-refractivity contribution in [1.82, 2.24) is 0 Å². The molecule has 0 spiro atoms. The third kappa shape index (κ3) is 4.92. The minimum absolute atomic E-state index is 0.0768. The highest BCUT2D eigenvalue weighted by Crippen LogP contribution is 2.29. The molecule has 0 bridgehead atoms. The van der Waals surface area contributed by atoms with Gasteiger partial charge in [-0.2, -0.15) is 5.26 Å². The lowest BCUT2D eigenvalue weighted by Crippen LogP contribution is -2.03. The molecule has 0 fully saturated rings. The third-order valence-electron chi connectivity index (χ3n) is 3.56. The molecule has 0 unspecified atom stereocenters. The summed E-state index contributed by atoms with van der Waals surface area (Å²) in [6.45, 7) is 4.61. The first-order chi connectivity index (χ1) is 13.0. The quantitative estimate of drug-likeness (QED) is 0.228. The molecule has 0 aliphatic heterocycles. The van der Waals surface area contributed by atoms with Crippen molar-refractivity contribution < 1.29 is 19.2 Å². The smallest absolute Gasteiger partial charge is 0.270 e. The van der Waals surface area contributed by atoms with E-state index in [4.69, 9.17) is 9.47 Å². The molecule has 2 aromatic carbocycles. The van der Waals surface area contributed by atoms with Crippen LogP contribution in [-0.2, 0) is 0 Å². The van der Waals surface area contributed by atoms with Gasteiger partial charge in [0.15, 0.2) is 11.5 Å². The van der Waals surface area contributed by atoms with Gasteiger partial charge in [-0.1, -0.05) is 18.2 Å². The van der Waals surface area contributed by atoms with E-state index in [1.165, 1.54) is 24.3 Å². The summed E-state index contributed by atoms with van der Waals surface area (Å²) in [7, 11) is 0. The van der Waals surface area contributed by atoms with E-state index in [-0.39, 0.29) is 16.8 Å². The number of nitro benzene ring substituents is 1. The summed E-state index contributed by atoms with van der Waals surface area (Å²) in [5.74, 6) is 0.487. The second kappa shape index (κ2) is 9.15. The van der Waals surface area contributed by atoms with Crippen LogP contribution in [0.5, 0.6) is 11.5 Å². The normalized spacial score (nSPS) is 10.8. The zero-order chi connectivity index (χ0) is 19.8. The lowest BCUT2D eigenvalue weighted by atomic mass is 10.0. The number of nitro groups is 1. The fraction of sp³-hybridized carbons (Fsp3) is 0.200. The number of Topliss-reactive ketones (excluding diaryl/α,β-unsaturated/α-hetero) is 1. The van der Waals surface area contributed by atoms with E-state index in [0.29, 0.717) is 30.3 Å². The average Bonchev–Trinajstić information content (AvgIpc) is 2.68. The molecule has 0 aliphatic rings. The summed E-state index contributed by atoms with van der Waals surface area (Å²) >= 11 is 0. The highest BCUT2D eigenvalue weighted by Gasteiger charge is 2.16. The van der Waals surface area contributed by atoms with E-state index in [9.17, 15) is 20.2 Å². The maximum Gasteiger partial charge on any atom is 0.270 e. The zero-order valence-electron chi connectivity index (χ0n) is 15.0. The number of ketones is 1. The molecule has 138 valence electrons. The topological polar surface area (TPSA) is 102 Å². The summed E-state index contributed by atoms with van der Waals surface area (Å²) in [5, 5.41) is 20.3. The van der Waals surface area contributed by atoms with Gasteiger partial charge in [0.25, 0.3) is 5.69 Å². The van der Waals surface area contributed by atoms with Crippen LogP contribution in [0.2, 0.25) is 0 Å². The number of rotatable bonds is 8. The van der Waals surface area contributed by atoms with Gasteiger partial charge < -0.3 is 9.47 Å². The number of hydrogen-bond acceptors (Lipinski definition) is 6. The fourth-order valence-electron chi connectivity index (χ4n) is 2.39. The van der Waals surface area contributed by atoms with Crippen molar-refractivity contribution in [2.24, 2.45) is 0 Å². The van der Waals surface area contributed by atoms with Crippen LogP contribution in [0.3, 0.4) is 0 Å². The van der Waals surface area contributed by atoms with Crippen molar-refractivity contribution in [1.29, 1.82) is 5.26 Å². The number of nitrogens with zero attached hydrogens (tertiary/aromatic N) is 2. The summed E-state index contributed by atoms with van der Waals surface area (Å²) in [6, 6.07) is 12.2. The Bertz CT molecular complexity index is 928. The van der Waals surface area contributed by atoms with Crippen molar-refractivity contribution in [2.45, 2.75) is 13.8 Å². The Hall–Kier alpha value is -3.66. The van der Waals surface area contributed by atoms with Crippen molar-refractivity contribution >= 4 is 17.5 Å². The maximum absolute atomic E-state index is 12.6. The van der Waals surface area contributed by atoms with E-state index in [0.717, 1.165) is 6.07 Å². The SMILES string of the molecule is CCOc1ccc(/C=C(\C#N)C(=O)c2cccc([N+](=O)[O-])c2)cc1OCC. The lowest BCUT2D eigenvalue weighted by Gasteiger charge is -2.11. The van der Waals surface area contributed by atoms with Crippen LogP contribution in [0, 0.1) is 21.4 Å². The summed E-state index contributed by atoms with van der Waals surface area (Å²) in [4.78, 5) is 22.9. The Morgan fingerprint density at radius 3 is 2.48 bits per heavy atom. The fourth-order valence-corrected chi connectivity index (χ4v) is 2.39. The van der Waals surface area contributed by atoms with Crippen molar-refractivity contribution in [3.8, 4) is 17.6 Å². The molecule has 0 atom stereocenters. The number of carbonyl (C=O) groups excluding carboxylic acids is 1. The monoisotopic (exact) mass is 366 g/mol. The van der Waals surface area contributed by atoms with Gasteiger partial charge >= 0.3 is 0 Å². The van der Waals surface area contributed by atoms with Crippen LogP contribution in [-0.4, -0.2) is 23.9 Å². The first-order valence-electron chi connectivity index (χ1n) is 8.30. The molecule has 0 N–H and O–H groups in total. The zero-order valence-corrected chi connectivity index (χ0v) is 15.0. The molecular formula is C20H18N2O5. The van der Waals surface area contributed by atoms with Crippen LogP contribution in [0.15, 0.2) is 48.0 Å². The predicted molar refractivity (Wildman–Crippen MR) is 99.8 cm³/mol. The van der Waals surface area contributed by atoms with Gasteiger partial charge in [0.2, 0.25) is 5.78 Å². The van der Waals surface area contributed by atoms with Crippen LogP contribution >= 0.6 is 0 Å². The second-order valence-electron chi connectivity index (χ2n) is 5.38. The van der Waals surface area contributed by atoms with Crippen LogP contribution in [0.25, 0.3) is 6.08 Å². The van der Waals surface area contributed by atoms with Gasteiger partial charge in [0.1, 0.15) is 11.6 Å². The van der Waals surface area contributed by atoms with Gasteiger partial charge in [0.05, 0.1) is 18.1 Å². The van der Waals surface area contributed by atoms with Gasteiger partial charge in [-0.25, -0.2) is 0 Å². The molecule has 0 aromatic heterocycles. The molecule has 7 nitrogen and oxygen atoms in total. The van der Waals surface area contributed by atoms with Gasteiger partial charge in [-0.3, -0.25) is 14.9 Å². The molecule has 0 aliphatic carbocycles. The standard InChI is InChI=1S/C20H18N2O5/c1-3-26-18-9-8-14(11-19(18)27-4-2)10-16(13-21)20(23)15-6-5-7-17(12-15)22(24)25/h5-12H,3-4H2,1-2H3/b16-10+. The first-order valence-corrected chi connectivity index (χ1v) is 8.30. The third-order valence-corrected chi connectivity index (χ3v) is 3.56. The number of allylic oxidation sites excluding steroid dienone is 1. The molecular weight excluding hydrogens is 348 g/mol. The second-order valence-corrected chi connectivity index (χ2v) is 5.38. The van der Waals surface area contributed by atoms with E-state index in [1.54, 1.807) is 18.2 Å². The van der Waals surface area contributed by atoms with Crippen molar-refractivity contribution in [3.05, 3.63) is 69.3 Å². The molecule has 2 rings (SSSR count). The van der Waals surface area contributed by atoms with Gasteiger partial charge in [-0.15, -0.1) is 0 Å². The molecule has 0 radical (unpaired) electrons. The van der Waals surface area contributed by atoms with E-state index in [2.05, 4.69) is 0 Å². The van der Waals surface area contributed by atoms with Gasteiger partial charge in [0, 0.05) is 17.7 Å². The molecule has 0 heterocycles. The van der Waals surface area contributed by atoms with Gasteiger partial charge in [-0.05, 0) is 37.6 Å². The highest BCUT2D eigenvalue weighted by molar-refractivity contribution is 6.14. The molecule has 0 saturated heterocycles. The molecule has 0 amide bonds. The molecule has 27 heavy (non-hydrogen) atoms. The summed E-state index contributed by atoms with van der Waals surface area (Å²) in [6.07, 6.45) is 1.42. The number of nitriles is 1. The summed E-state index contributed by atoms with van der Waals surface area (Å²) in [5.41, 5.74) is 0.310. The molecule has 2 aromatic rings. The Morgan fingerprint density at radius 1 is 1.15 bits per heavy atom. The Labute approximate surface area is 156 Å². The van der Waals surface area contributed by atoms with Crippen LogP contribution < -0.4 is 9.47 Å². The van der Waals surface area contributed by atoms with Crippen LogP contribution in [0.4, 0.5) is 5.69 Å². The lowest BCUT2D eigenvalue weighted by molar-refractivity contribution is -0.384. The number of ether oxygens (including phenoxy) is 2.